The topological polar surface area (TPSA) is 4.93 Å². The third-order valence-corrected chi connectivity index (χ3v) is 10.2. The molecule has 0 radical (unpaired) electrons. The van der Waals surface area contributed by atoms with Gasteiger partial charge in [-0.05, 0) is 68.9 Å². The van der Waals surface area contributed by atoms with Gasteiger partial charge in [0.25, 0.3) is 0 Å². The minimum Gasteiger partial charge on any atom is -0.309 e. The van der Waals surface area contributed by atoms with Gasteiger partial charge in [-0.25, -0.2) is 0 Å². The molecule has 0 N–H and O–H groups in total. The van der Waals surface area contributed by atoms with Gasteiger partial charge >= 0.3 is 0 Å². The van der Waals surface area contributed by atoms with Crippen LogP contribution < -0.4 is 0 Å². The van der Waals surface area contributed by atoms with Gasteiger partial charge in [0.05, 0.1) is 11.0 Å². The molecular weight excluding hydrogens is 527 g/mol. The number of thiophene rings is 1. The van der Waals surface area contributed by atoms with Crippen molar-refractivity contribution in [3.05, 3.63) is 140 Å². The van der Waals surface area contributed by atoms with Gasteiger partial charge in [-0.3, -0.25) is 0 Å². The molecule has 0 amide bonds. The van der Waals surface area contributed by atoms with Gasteiger partial charge in [0.2, 0.25) is 0 Å². The molecular formula is C40H23NS. The Morgan fingerprint density at radius 1 is 0.429 bits per heavy atom. The third kappa shape index (κ3) is 2.87. The van der Waals surface area contributed by atoms with Gasteiger partial charge in [0, 0.05) is 42.2 Å². The predicted molar refractivity (Wildman–Crippen MR) is 181 cm³/mol. The number of nitrogens with zero attached hydrogens (tertiary/aromatic N) is 1. The van der Waals surface area contributed by atoms with Crippen molar-refractivity contribution in [2.24, 2.45) is 0 Å². The number of hydrogen-bond donors (Lipinski definition) is 0. The van der Waals surface area contributed by atoms with Crippen LogP contribution in [-0.4, -0.2) is 4.57 Å². The molecule has 1 aliphatic rings. The lowest BCUT2D eigenvalue weighted by Gasteiger charge is -2.15. The van der Waals surface area contributed by atoms with E-state index in [4.69, 9.17) is 0 Å². The van der Waals surface area contributed by atoms with Crippen LogP contribution in [0.2, 0.25) is 0 Å². The molecule has 9 aromatic rings. The zero-order valence-corrected chi connectivity index (χ0v) is 23.5. The first-order valence-corrected chi connectivity index (χ1v) is 15.3. The van der Waals surface area contributed by atoms with Crippen molar-refractivity contribution in [1.29, 1.82) is 0 Å². The molecule has 2 aromatic heterocycles. The third-order valence-electron chi connectivity index (χ3n) is 9.10. The van der Waals surface area contributed by atoms with E-state index in [1.807, 2.05) is 11.3 Å². The summed E-state index contributed by atoms with van der Waals surface area (Å²) in [5.74, 6) is 0. The lowest BCUT2D eigenvalue weighted by molar-refractivity contribution is 1.18. The van der Waals surface area contributed by atoms with E-state index < -0.39 is 0 Å². The Morgan fingerprint density at radius 3 is 2.12 bits per heavy atom. The first-order valence-electron chi connectivity index (χ1n) is 14.4. The van der Waals surface area contributed by atoms with Crippen LogP contribution in [0.5, 0.6) is 0 Å². The highest BCUT2D eigenvalue weighted by molar-refractivity contribution is 7.26. The summed E-state index contributed by atoms with van der Waals surface area (Å²) >= 11 is 1.90. The Bertz CT molecular complexity index is 2560. The summed E-state index contributed by atoms with van der Waals surface area (Å²) in [4.78, 5) is 0. The standard InChI is InChI=1S/C40H23NS/c1-2-10-24(11-3-1)26-13-8-14-27(22-26)41-32-21-20-25-12-9-18-29-28-15-4-5-16-30(28)38-37-31-17-6-7-19-34(31)42-35(37)23-33(41)40(38)39(32)36(25)29/h1-23H. The summed E-state index contributed by atoms with van der Waals surface area (Å²) in [6, 6.07) is 51.5. The first kappa shape index (κ1) is 22.5. The monoisotopic (exact) mass is 549 g/mol. The van der Waals surface area contributed by atoms with Crippen LogP contribution in [0.15, 0.2) is 140 Å². The van der Waals surface area contributed by atoms with Gasteiger partial charge in [-0.1, -0.05) is 109 Å². The SMILES string of the molecule is c1ccc(-c2cccc(-n3c4cc5sc6ccccc6c5c5c4c4c6c(cccc6ccc43)-c3ccccc3-5)c2)cc1. The zero-order chi connectivity index (χ0) is 27.4. The summed E-state index contributed by atoms with van der Waals surface area (Å²) in [5, 5.41) is 8.06. The molecule has 0 aliphatic heterocycles. The quantitative estimate of drug-likeness (QED) is 0.202. The molecule has 2 heterocycles. The van der Waals surface area contributed by atoms with E-state index in [1.54, 1.807) is 0 Å². The van der Waals surface area contributed by atoms with E-state index in [1.165, 1.54) is 91.8 Å². The molecule has 42 heavy (non-hydrogen) atoms. The number of rotatable bonds is 2. The van der Waals surface area contributed by atoms with Crippen LogP contribution in [0.25, 0.3) is 91.8 Å². The van der Waals surface area contributed by atoms with Crippen LogP contribution in [0.1, 0.15) is 0 Å². The molecule has 0 saturated carbocycles. The highest BCUT2D eigenvalue weighted by atomic mass is 32.1. The molecule has 0 unspecified atom stereocenters. The maximum atomic E-state index is 2.51. The van der Waals surface area contributed by atoms with E-state index in [-0.39, 0.29) is 0 Å². The van der Waals surface area contributed by atoms with Crippen molar-refractivity contribution >= 4 is 64.1 Å². The largest absolute Gasteiger partial charge is 0.309 e. The fourth-order valence-corrected chi connectivity index (χ4v) is 8.55. The van der Waals surface area contributed by atoms with E-state index >= 15 is 0 Å². The molecule has 10 rings (SSSR count). The summed E-state index contributed by atoms with van der Waals surface area (Å²) in [5.41, 5.74) is 11.5. The minimum atomic E-state index is 1.19. The van der Waals surface area contributed by atoms with Crippen molar-refractivity contribution in [1.82, 2.24) is 4.57 Å². The molecule has 0 spiro atoms. The molecule has 0 bridgehead atoms. The lowest BCUT2D eigenvalue weighted by Crippen LogP contribution is -1.95. The lowest BCUT2D eigenvalue weighted by atomic mass is 9.91. The van der Waals surface area contributed by atoms with Crippen LogP contribution in [0.4, 0.5) is 0 Å². The van der Waals surface area contributed by atoms with Gasteiger partial charge in [-0.15, -0.1) is 11.3 Å². The second kappa shape index (κ2) is 8.19. The first-order chi connectivity index (χ1) is 20.8. The smallest absolute Gasteiger partial charge is 0.0562 e. The average Bonchev–Trinajstić information content (AvgIpc) is 3.55. The molecule has 7 aromatic carbocycles. The summed E-state index contributed by atoms with van der Waals surface area (Å²) in [6.45, 7) is 0. The normalized spacial score (nSPS) is 12.3. The van der Waals surface area contributed by atoms with Crippen molar-refractivity contribution in [2.45, 2.75) is 0 Å². The fraction of sp³-hybridized carbons (Fsp3) is 0. The van der Waals surface area contributed by atoms with Crippen LogP contribution in [0.3, 0.4) is 0 Å². The van der Waals surface area contributed by atoms with Crippen LogP contribution in [-0.2, 0) is 0 Å². The molecule has 0 fully saturated rings. The number of aromatic nitrogens is 1. The zero-order valence-electron chi connectivity index (χ0n) is 22.6. The summed E-state index contributed by atoms with van der Waals surface area (Å²) in [7, 11) is 0. The molecule has 2 heteroatoms. The highest BCUT2D eigenvalue weighted by Gasteiger charge is 2.27. The Balaban J connectivity index is 1.47. The van der Waals surface area contributed by atoms with Crippen molar-refractivity contribution < 1.29 is 0 Å². The van der Waals surface area contributed by atoms with Gasteiger partial charge in [0.15, 0.2) is 0 Å². The van der Waals surface area contributed by atoms with Gasteiger partial charge in [0.1, 0.15) is 0 Å². The average molecular weight is 550 g/mol. The minimum absolute atomic E-state index is 1.19. The Labute approximate surface area is 246 Å². The van der Waals surface area contributed by atoms with E-state index in [0.29, 0.717) is 0 Å². The fourth-order valence-electron chi connectivity index (χ4n) is 7.40. The summed E-state index contributed by atoms with van der Waals surface area (Å²) < 4.78 is 5.18. The maximum absolute atomic E-state index is 2.51. The second-order valence-corrected chi connectivity index (χ2v) is 12.4. The van der Waals surface area contributed by atoms with Gasteiger partial charge in [-0.2, -0.15) is 0 Å². The van der Waals surface area contributed by atoms with E-state index in [9.17, 15) is 0 Å². The predicted octanol–water partition coefficient (Wildman–Crippen LogP) is 11.6. The number of benzene rings is 7. The highest BCUT2D eigenvalue weighted by Crippen LogP contribution is 2.54. The Kier molecular flexibility index (Phi) is 4.39. The van der Waals surface area contributed by atoms with Crippen molar-refractivity contribution in [2.75, 3.05) is 0 Å². The van der Waals surface area contributed by atoms with Crippen LogP contribution in [0, 0.1) is 0 Å². The second-order valence-electron chi connectivity index (χ2n) is 11.3. The van der Waals surface area contributed by atoms with Gasteiger partial charge < -0.3 is 4.57 Å². The number of fused-ring (bicyclic) bond motifs is 7. The van der Waals surface area contributed by atoms with Crippen LogP contribution >= 0.6 is 11.3 Å². The maximum Gasteiger partial charge on any atom is 0.0562 e. The Hall–Kier alpha value is -5.18. The molecule has 194 valence electrons. The molecule has 1 nitrogen and oxygen atoms in total. The molecule has 0 saturated heterocycles. The van der Waals surface area contributed by atoms with E-state index in [0.717, 1.165) is 0 Å². The van der Waals surface area contributed by atoms with Crippen molar-refractivity contribution in [3.63, 3.8) is 0 Å². The molecule has 0 atom stereocenters. The Morgan fingerprint density at radius 2 is 1.19 bits per heavy atom. The van der Waals surface area contributed by atoms with E-state index in [2.05, 4.69) is 144 Å². The van der Waals surface area contributed by atoms with Crippen molar-refractivity contribution in [3.8, 4) is 39.1 Å². The summed E-state index contributed by atoms with van der Waals surface area (Å²) in [6.07, 6.45) is 0. The number of hydrogen-bond acceptors (Lipinski definition) is 1. The molecule has 1 aliphatic carbocycles.